The van der Waals surface area contributed by atoms with Crippen LogP contribution in [0.15, 0.2) is 30.6 Å². The van der Waals surface area contributed by atoms with Gasteiger partial charge in [-0.05, 0) is 32.4 Å². The average molecular weight is 336 g/mol. The van der Waals surface area contributed by atoms with Crippen molar-refractivity contribution in [3.8, 4) is 0 Å². The highest BCUT2D eigenvalue weighted by molar-refractivity contribution is 6.01. The van der Waals surface area contributed by atoms with Crippen LogP contribution in [0.3, 0.4) is 0 Å². The molecule has 1 aliphatic rings. The molecule has 7 heteroatoms. The lowest BCUT2D eigenvalue weighted by Crippen LogP contribution is -2.34. The van der Waals surface area contributed by atoms with Gasteiger partial charge >= 0.3 is 0 Å². The van der Waals surface area contributed by atoms with Crippen molar-refractivity contribution in [1.82, 2.24) is 19.7 Å². The molecule has 1 aliphatic heterocycles. The summed E-state index contributed by atoms with van der Waals surface area (Å²) in [5, 5.41) is 8.58. The lowest BCUT2D eigenvalue weighted by molar-refractivity contribution is -0.117. The van der Waals surface area contributed by atoms with Crippen LogP contribution in [0, 0.1) is 13.8 Å². The van der Waals surface area contributed by atoms with Crippen molar-refractivity contribution in [3.05, 3.63) is 41.9 Å². The summed E-state index contributed by atoms with van der Waals surface area (Å²) in [6.45, 7) is 4.62. The summed E-state index contributed by atoms with van der Waals surface area (Å²) in [6.07, 6.45) is 2.25. The molecule has 0 spiro atoms. The van der Waals surface area contributed by atoms with Gasteiger partial charge in [-0.1, -0.05) is 11.6 Å². The normalized spacial score (nSPS) is 17.5. The number of fused-ring (bicyclic) bond motifs is 1. The van der Waals surface area contributed by atoms with Crippen molar-refractivity contribution >= 4 is 28.4 Å². The first-order chi connectivity index (χ1) is 12.0. The molecule has 25 heavy (non-hydrogen) atoms. The molecule has 1 atom stereocenters. The van der Waals surface area contributed by atoms with Gasteiger partial charge < -0.3 is 5.32 Å². The SMILES string of the molecule is Cc1ccc2ncnc(NC3CCN(c4cc(C)nn4C)C3=O)c2c1. The van der Waals surface area contributed by atoms with Crippen molar-refractivity contribution in [1.29, 1.82) is 0 Å². The molecule has 1 fully saturated rings. The first-order valence-corrected chi connectivity index (χ1v) is 8.33. The fraction of sp³-hybridized carbons (Fsp3) is 0.333. The Labute approximate surface area is 145 Å². The lowest BCUT2D eigenvalue weighted by atomic mass is 10.1. The molecule has 1 N–H and O–H groups in total. The maximum absolute atomic E-state index is 12.9. The number of hydrogen-bond donors (Lipinski definition) is 1. The van der Waals surface area contributed by atoms with Gasteiger partial charge in [-0.2, -0.15) is 5.10 Å². The average Bonchev–Trinajstić information content (AvgIpc) is 3.10. The van der Waals surface area contributed by atoms with Crippen LogP contribution < -0.4 is 10.2 Å². The molecule has 1 aromatic carbocycles. The molecule has 0 bridgehead atoms. The number of nitrogens with zero attached hydrogens (tertiary/aromatic N) is 5. The summed E-state index contributed by atoms with van der Waals surface area (Å²) in [6, 6.07) is 7.67. The third-order valence-corrected chi connectivity index (χ3v) is 4.56. The molecular formula is C18H20N6O. The van der Waals surface area contributed by atoms with Crippen molar-refractivity contribution < 1.29 is 4.79 Å². The second-order valence-electron chi connectivity index (χ2n) is 6.49. The molecule has 0 radical (unpaired) electrons. The first kappa shape index (κ1) is 15.6. The summed E-state index contributed by atoms with van der Waals surface area (Å²) in [4.78, 5) is 23.3. The predicted molar refractivity (Wildman–Crippen MR) is 96.6 cm³/mol. The van der Waals surface area contributed by atoms with Gasteiger partial charge in [-0.25, -0.2) is 9.97 Å². The van der Waals surface area contributed by atoms with Gasteiger partial charge in [0.05, 0.1) is 11.2 Å². The van der Waals surface area contributed by atoms with Gasteiger partial charge in [-0.15, -0.1) is 0 Å². The number of hydrogen-bond acceptors (Lipinski definition) is 5. The molecule has 4 rings (SSSR count). The number of benzene rings is 1. The second-order valence-corrected chi connectivity index (χ2v) is 6.49. The van der Waals surface area contributed by atoms with E-state index in [1.807, 2.05) is 45.2 Å². The summed E-state index contributed by atoms with van der Waals surface area (Å²) in [5.74, 6) is 1.58. The number of nitrogens with one attached hydrogen (secondary N) is 1. The Kier molecular flexibility index (Phi) is 3.63. The van der Waals surface area contributed by atoms with E-state index in [9.17, 15) is 4.79 Å². The summed E-state index contributed by atoms with van der Waals surface area (Å²) in [7, 11) is 1.86. The van der Waals surface area contributed by atoms with Crippen LogP contribution in [-0.4, -0.2) is 38.2 Å². The Bertz CT molecular complexity index is 963. The minimum absolute atomic E-state index is 0.0439. The molecule has 1 unspecified atom stereocenters. The lowest BCUT2D eigenvalue weighted by Gasteiger charge is -2.17. The highest BCUT2D eigenvalue weighted by Crippen LogP contribution is 2.26. The van der Waals surface area contributed by atoms with E-state index in [1.54, 1.807) is 9.58 Å². The van der Waals surface area contributed by atoms with Crippen LogP contribution in [0.2, 0.25) is 0 Å². The zero-order chi connectivity index (χ0) is 17.6. The van der Waals surface area contributed by atoms with Gasteiger partial charge in [0.25, 0.3) is 5.91 Å². The van der Waals surface area contributed by atoms with E-state index in [2.05, 4.69) is 20.4 Å². The number of carbonyl (C=O) groups is 1. The molecule has 0 saturated carbocycles. The monoisotopic (exact) mass is 336 g/mol. The Morgan fingerprint density at radius 1 is 1.20 bits per heavy atom. The minimum Gasteiger partial charge on any atom is -0.358 e. The van der Waals surface area contributed by atoms with Crippen LogP contribution in [0.4, 0.5) is 11.6 Å². The Morgan fingerprint density at radius 2 is 2.04 bits per heavy atom. The van der Waals surface area contributed by atoms with Gasteiger partial charge in [0.2, 0.25) is 0 Å². The van der Waals surface area contributed by atoms with Crippen LogP contribution in [0.25, 0.3) is 10.9 Å². The van der Waals surface area contributed by atoms with Gasteiger partial charge in [0.15, 0.2) is 0 Å². The molecular weight excluding hydrogens is 316 g/mol. The van der Waals surface area contributed by atoms with Crippen molar-refractivity contribution in [2.75, 3.05) is 16.8 Å². The van der Waals surface area contributed by atoms with Gasteiger partial charge in [-0.3, -0.25) is 14.4 Å². The number of aryl methyl sites for hydroxylation is 3. The van der Waals surface area contributed by atoms with E-state index < -0.39 is 0 Å². The molecule has 2 aromatic heterocycles. The highest BCUT2D eigenvalue weighted by atomic mass is 16.2. The predicted octanol–water partition coefficient (Wildman–Crippen LogP) is 2.20. The van der Waals surface area contributed by atoms with Crippen molar-refractivity contribution in [2.24, 2.45) is 7.05 Å². The molecule has 128 valence electrons. The zero-order valence-electron chi connectivity index (χ0n) is 14.5. The van der Waals surface area contributed by atoms with Crippen molar-refractivity contribution in [3.63, 3.8) is 0 Å². The van der Waals surface area contributed by atoms with E-state index in [4.69, 9.17) is 0 Å². The fourth-order valence-corrected chi connectivity index (χ4v) is 3.34. The smallest absolute Gasteiger partial charge is 0.250 e. The second kappa shape index (κ2) is 5.84. The molecule has 7 nitrogen and oxygen atoms in total. The zero-order valence-corrected chi connectivity index (χ0v) is 14.5. The molecule has 1 amide bonds. The third kappa shape index (κ3) is 2.71. The van der Waals surface area contributed by atoms with Crippen LogP contribution in [0.1, 0.15) is 17.7 Å². The maximum atomic E-state index is 12.9. The largest absolute Gasteiger partial charge is 0.358 e. The van der Waals surface area contributed by atoms with E-state index in [0.29, 0.717) is 12.4 Å². The molecule has 1 saturated heterocycles. The van der Waals surface area contributed by atoms with E-state index in [0.717, 1.165) is 34.4 Å². The summed E-state index contributed by atoms with van der Waals surface area (Å²) >= 11 is 0. The number of amides is 1. The van der Waals surface area contributed by atoms with Crippen molar-refractivity contribution in [2.45, 2.75) is 26.3 Å². The molecule has 3 heterocycles. The van der Waals surface area contributed by atoms with E-state index >= 15 is 0 Å². The molecule has 3 aromatic rings. The Balaban J connectivity index is 1.61. The van der Waals surface area contributed by atoms with Crippen LogP contribution in [-0.2, 0) is 11.8 Å². The number of anilines is 2. The maximum Gasteiger partial charge on any atom is 0.250 e. The standard InChI is InChI=1S/C18H20N6O/c1-11-4-5-14-13(8-11)17(20-10-19-14)21-15-6-7-24(18(15)25)16-9-12(2)22-23(16)3/h4-5,8-10,15H,6-7H2,1-3H3,(H,19,20,21). The summed E-state index contributed by atoms with van der Waals surface area (Å²) in [5.41, 5.74) is 2.90. The molecule has 0 aliphatic carbocycles. The fourth-order valence-electron chi connectivity index (χ4n) is 3.34. The first-order valence-electron chi connectivity index (χ1n) is 8.33. The van der Waals surface area contributed by atoms with Gasteiger partial charge in [0, 0.05) is 25.0 Å². The highest BCUT2D eigenvalue weighted by Gasteiger charge is 2.34. The number of aromatic nitrogens is 4. The number of rotatable bonds is 3. The Hall–Kier alpha value is -2.96. The summed E-state index contributed by atoms with van der Waals surface area (Å²) < 4.78 is 1.75. The van der Waals surface area contributed by atoms with E-state index in [1.165, 1.54) is 6.33 Å². The van der Waals surface area contributed by atoms with Crippen LogP contribution in [0.5, 0.6) is 0 Å². The number of carbonyl (C=O) groups excluding carboxylic acids is 1. The van der Waals surface area contributed by atoms with Crippen LogP contribution >= 0.6 is 0 Å². The van der Waals surface area contributed by atoms with Gasteiger partial charge in [0.1, 0.15) is 24.0 Å². The van der Waals surface area contributed by atoms with E-state index in [-0.39, 0.29) is 11.9 Å². The quantitative estimate of drug-likeness (QED) is 0.793. The Morgan fingerprint density at radius 3 is 2.80 bits per heavy atom. The minimum atomic E-state index is -0.297. The topological polar surface area (TPSA) is 75.9 Å². The third-order valence-electron chi connectivity index (χ3n) is 4.56.